The number of ketones is 1. The van der Waals surface area contributed by atoms with Gasteiger partial charge in [-0.2, -0.15) is 4.31 Å². The number of thioether (sulfide) groups is 1. The lowest BCUT2D eigenvalue weighted by Crippen LogP contribution is -2.40. The zero-order valence-electron chi connectivity index (χ0n) is 21.3. The monoisotopic (exact) mass is 558 g/mol. The summed E-state index contributed by atoms with van der Waals surface area (Å²) in [5.41, 5.74) is 1.60. The summed E-state index contributed by atoms with van der Waals surface area (Å²) < 4.78 is 32.4. The first-order chi connectivity index (χ1) is 18.2. The number of nitrogens with one attached hydrogen (secondary N) is 1. The molecule has 0 bridgehead atoms. The molecule has 2 aromatic rings. The Labute approximate surface area is 226 Å². The van der Waals surface area contributed by atoms with Gasteiger partial charge in [-0.1, -0.05) is 18.7 Å². The maximum absolute atomic E-state index is 13.1. The molecule has 0 aliphatic carbocycles. The number of amides is 2. The van der Waals surface area contributed by atoms with Crippen molar-refractivity contribution in [1.29, 1.82) is 0 Å². The van der Waals surface area contributed by atoms with Crippen molar-refractivity contribution in [3.8, 4) is 0 Å². The highest BCUT2D eigenvalue weighted by atomic mass is 32.2. The summed E-state index contributed by atoms with van der Waals surface area (Å²) in [6.45, 7) is 5.25. The normalized spacial score (nSPS) is 19.6. The number of rotatable bonds is 9. The lowest BCUT2D eigenvalue weighted by Gasteiger charge is -2.26. The minimum Gasteiger partial charge on any atom is -0.379 e. The Balaban J connectivity index is 1.45. The minimum absolute atomic E-state index is 0.0338. The molecule has 0 aromatic heterocycles. The molecule has 0 saturated carbocycles. The number of carbonyl (C=O) groups is 3. The summed E-state index contributed by atoms with van der Waals surface area (Å²) in [6.07, 6.45) is 0.678. The molecule has 1 atom stereocenters. The molecular formula is C26H30N4O6S2. The summed E-state index contributed by atoms with van der Waals surface area (Å²) in [5, 5.41) is 2.62. The quantitative estimate of drug-likeness (QED) is 0.468. The van der Waals surface area contributed by atoms with Crippen LogP contribution in [0, 0.1) is 0 Å². The third-order valence-corrected chi connectivity index (χ3v) is 9.17. The van der Waals surface area contributed by atoms with Crippen molar-refractivity contribution in [3.63, 3.8) is 0 Å². The molecule has 2 heterocycles. The number of sulfonamides is 1. The Hall–Kier alpha value is -3.06. The van der Waals surface area contributed by atoms with Gasteiger partial charge in [0.1, 0.15) is 5.25 Å². The number of amidine groups is 1. The molecule has 0 spiro atoms. The average Bonchev–Trinajstić information content (AvgIpc) is 3.18. The number of morpholine rings is 1. The maximum atomic E-state index is 13.1. The standard InChI is InChI=1S/C26H30N4O6S2/c1-3-12-30-25(33)23(17-24(32)27-20-6-4-19(5-7-20)18(2)31)37-26(30)28-21-8-10-22(11-9-21)38(34,35)29-13-15-36-16-14-29/h4-11,23H,3,12-17H2,1-2H3,(H,27,32). The van der Waals surface area contributed by atoms with Gasteiger partial charge in [-0.15, -0.1) is 0 Å². The Morgan fingerprint density at radius 2 is 1.74 bits per heavy atom. The van der Waals surface area contributed by atoms with Crippen molar-refractivity contribution in [2.45, 2.75) is 36.8 Å². The molecule has 2 fully saturated rings. The third kappa shape index (κ3) is 6.49. The Morgan fingerprint density at radius 3 is 2.34 bits per heavy atom. The second-order valence-electron chi connectivity index (χ2n) is 8.89. The van der Waals surface area contributed by atoms with E-state index in [-0.39, 0.29) is 28.9 Å². The van der Waals surface area contributed by atoms with E-state index in [2.05, 4.69) is 10.3 Å². The van der Waals surface area contributed by atoms with Crippen molar-refractivity contribution in [3.05, 3.63) is 54.1 Å². The van der Waals surface area contributed by atoms with E-state index in [0.29, 0.717) is 61.4 Å². The number of carbonyl (C=O) groups excluding carboxylic acids is 3. The van der Waals surface area contributed by atoms with Crippen LogP contribution in [0.25, 0.3) is 0 Å². The van der Waals surface area contributed by atoms with E-state index in [1.54, 1.807) is 41.3 Å². The number of hydrogen-bond donors (Lipinski definition) is 1. The number of aliphatic imine (C=N–C) groups is 1. The van der Waals surface area contributed by atoms with Crippen molar-refractivity contribution < 1.29 is 27.5 Å². The van der Waals surface area contributed by atoms with Crippen molar-refractivity contribution >= 4 is 55.9 Å². The first-order valence-electron chi connectivity index (χ1n) is 12.3. The number of hydrogen-bond acceptors (Lipinski definition) is 8. The fraction of sp³-hybridized carbons (Fsp3) is 0.385. The fourth-order valence-corrected chi connectivity index (χ4v) is 6.65. The van der Waals surface area contributed by atoms with Crippen LogP contribution in [0.4, 0.5) is 11.4 Å². The minimum atomic E-state index is -3.62. The van der Waals surface area contributed by atoms with Crippen LogP contribution in [0.15, 0.2) is 58.4 Å². The van der Waals surface area contributed by atoms with Gasteiger partial charge in [0.2, 0.25) is 21.8 Å². The molecule has 4 rings (SSSR count). The summed E-state index contributed by atoms with van der Waals surface area (Å²) in [6, 6.07) is 12.8. The zero-order chi connectivity index (χ0) is 27.3. The molecule has 1 N–H and O–H groups in total. The average molecular weight is 559 g/mol. The van der Waals surface area contributed by atoms with Gasteiger partial charge in [0.25, 0.3) is 0 Å². The van der Waals surface area contributed by atoms with E-state index >= 15 is 0 Å². The van der Waals surface area contributed by atoms with Gasteiger partial charge in [-0.05, 0) is 61.9 Å². The maximum Gasteiger partial charge on any atom is 0.243 e. The number of anilines is 1. The third-order valence-electron chi connectivity index (χ3n) is 6.08. The van der Waals surface area contributed by atoms with Crippen LogP contribution in [0.3, 0.4) is 0 Å². The van der Waals surface area contributed by atoms with Gasteiger partial charge < -0.3 is 10.1 Å². The second kappa shape index (κ2) is 12.2. The summed E-state index contributed by atoms with van der Waals surface area (Å²) >= 11 is 1.22. The van der Waals surface area contributed by atoms with Crippen molar-refractivity contribution in [2.75, 3.05) is 38.2 Å². The van der Waals surface area contributed by atoms with Gasteiger partial charge in [0.15, 0.2) is 11.0 Å². The molecule has 1 unspecified atom stereocenters. The Bertz CT molecular complexity index is 1320. The summed E-state index contributed by atoms with van der Waals surface area (Å²) in [7, 11) is -3.62. The predicted octanol–water partition coefficient (Wildman–Crippen LogP) is 3.28. The molecule has 2 saturated heterocycles. The van der Waals surface area contributed by atoms with Crippen LogP contribution in [-0.4, -0.2) is 78.5 Å². The van der Waals surface area contributed by atoms with Gasteiger partial charge in [0, 0.05) is 37.3 Å². The lowest BCUT2D eigenvalue weighted by molar-refractivity contribution is -0.128. The Morgan fingerprint density at radius 1 is 1.08 bits per heavy atom. The van der Waals surface area contributed by atoms with E-state index in [9.17, 15) is 22.8 Å². The topological polar surface area (TPSA) is 125 Å². The fourth-order valence-electron chi connectivity index (χ4n) is 4.06. The number of nitrogens with zero attached hydrogens (tertiary/aromatic N) is 3. The number of Topliss-reactive ketones (excluding diaryl/α,β-unsaturated/α-hetero) is 1. The molecule has 12 heteroatoms. The highest BCUT2D eigenvalue weighted by Crippen LogP contribution is 2.32. The van der Waals surface area contributed by atoms with Gasteiger partial charge >= 0.3 is 0 Å². The molecule has 2 aliphatic heterocycles. The van der Waals surface area contributed by atoms with Crippen LogP contribution >= 0.6 is 11.8 Å². The van der Waals surface area contributed by atoms with Crippen LogP contribution in [0.1, 0.15) is 37.0 Å². The molecule has 2 aliphatic rings. The Kier molecular flexibility index (Phi) is 8.98. The predicted molar refractivity (Wildman–Crippen MR) is 146 cm³/mol. The molecule has 10 nitrogen and oxygen atoms in total. The van der Waals surface area contributed by atoms with Crippen LogP contribution in [-0.2, 0) is 24.3 Å². The highest BCUT2D eigenvalue weighted by Gasteiger charge is 2.38. The van der Waals surface area contributed by atoms with Gasteiger partial charge in [-0.25, -0.2) is 13.4 Å². The van der Waals surface area contributed by atoms with E-state index in [0.717, 1.165) is 0 Å². The van der Waals surface area contributed by atoms with E-state index < -0.39 is 15.3 Å². The summed E-state index contributed by atoms with van der Waals surface area (Å²) in [5.74, 6) is -0.571. The summed E-state index contributed by atoms with van der Waals surface area (Å²) in [4.78, 5) is 43.5. The van der Waals surface area contributed by atoms with Crippen LogP contribution in [0.2, 0.25) is 0 Å². The highest BCUT2D eigenvalue weighted by molar-refractivity contribution is 8.15. The smallest absolute Gasteiger partial charge is 0.243 e. The van der Waals surface area contributed by atoms with Crippen molar-refractivity contribution in [2.24, 2.45) is 4.99 Å². The lowest BCUT2D eigenvalue weighted by atomic mass is 10.1. The molecule has 38 heavy (non-hydrogen) atoms. The molecule has 2 amide bonds. The van der Waals surface area contributed by atoms with Gasteiger partial charge in [-0.3, -0.25) is 19.3 Å². The van der Waals surface area contributed by atoms with Crippen LogP contribution in [0.5, 0.6) is 0 Å². The van der Waals surface area contributed by atoms with E-state index in [1.807, 2.05) is 6.92 Å². The second-order valence-corrected chi connectivity index (χ2v) is 12.0. The SMILES string of the molecule is CCCN1C(=O)C(CC(=O)Nc2ccc(C(C)=O)cc2)SC1=Nc1ccc(S(=O)(=O)N2CCOCC2)cc1. The van der Waals surface area contributed by atoms with Gasteiger partial charge in [0.05, 0.1) is 23.8 Å². The van der Waals surface area contributed by atoms with E-state index in [1.165, 1.54) is 35.1 Å². The van der Waals surface area contributed by atoms with Crippen LogP contribution < -0.4 is 5.32 Å². The largest absolute Gasteiger partial charge is 0.379 e. The van der Waals surface area contributed by atoms with E-state index in [4.69, 9.17) is 4.74 Å². The molecule has 2 aromatic carbocycles. The zero-order valence-corrected chi connectivity index (χ0v) is 22.9. The molecule has 0 radical (unpaired) electrons. The number of benzene rings is 2. The first kappa shape index (κ1) is 28.0. The van der Waals surface area contributed by atoms with Crippen molar-refractivity contribution in [1.82, 2.24) is 9.21 Å². The first-order valence-corrected chi connectivity index (χ1v) is 14.7. The number of ether oxygens (including phenoxy) is 1. The molecule has 202 valence electrons. The molecular weight excluding hydrogens is 528 g/mol.